The fourth-order valence-corrected chi connectivity index (χ4v) is 2.14. The molecule has 0 aliphatic heterocycles. The molecule has 4 nitrogen and oxygen atoms in total. The average molecular weight is 259 g/mol. The van der Waals surface area contributed by atoms with Crippen LogP contribution < -0.4 is 10.9 Å². The van der Waals surface area contributed by atoms with Crippen LogP contribution in [0.2, 0.25) is 0 Å². The SMILES string of the molecule is CCCn1cccc1CNc1ccc(=O)n(CC)c1. The molecule has 19 heavy (non-hydrogen) atoms. The monoisotopic (exact) mass is 259 g/mol. The lowest BCUT2D eigenvalue weighted by molar-refractivity contribution is 0.654. The molecule has 0 unspecified atom stereocenters. The molecule has 102 valence electrons. The molecule has 4 heteroatoms. The van der Waals surface area contributed by atoms with Gasteiger partial charge in [0.2, 0.25) is 0 Å². The third-order valence-electron chi connectivity index (χ3n) is 3.19. The van der Waals surface area contributed by atoms with E-state index < -0.39 is 0 Å². The molecule has 0 aromatic carbocycles. The van der Waals surface area contributed by atoms with Crippen molar-refractivity contribution in [3.05, 3.63) is 52.7 Å². The van der Waals surface area contributed by atoms with E-state index in [1.165, 1.54) is 5.69 Å². The van der Waals surface area contributed by atoms with Gasteiger partial charge in [0, 0.05) is 37.2 Å². The van der Waals surface area contributed by atoms with Crippen LogP contribution in [0.25, 0.3) is 0 Å². The van der Waals surface area contributed by atoms with Crippen molar-refractivity contribution in [2.45, 2.75) is 39.9 Å². The Morgan fingerprint density at radius 3 is 2.74 bits per heavy atom. The minimum atomic E-state index is 0.0439. The molecule has 0 atom stereocenters. The van der Waals surface area contributed by atoms with Gasteiger partial charge in [0.1, 0.15) is 0 Å². The van der Waals surface area contributed by atoms with E-state index in [9.17, 15) is 4.79 Å². The van der Waals surface area contributed by atoms with E-state index in [-0.39, 0.29) is 5.56 Å². The number of aryl methyl sites for hydroxylation is 2. The first kappa shape index (κ1) is 13.5. The number of pyridine rings is 1. The van der Waals surface area contributed by atoms with Crippen LogP contribution in [0.4, 0.5) is 5.69 Å². The van der Waals surface area contributed by atoms with Crippen LogP contribution in [0.1, 0.15) is 26.0 Å². The van der Waals surface area contributed by atoms with Gasteiger partial charge in [-0.1, -0.05) is 6.92 Å². The van der Waals surface area contributed by atoms with E-state index in [1.807, 2.05) is 19.2 Å². The van der Waals surface area contributed by atoms with Gasteiger partial charge in [0.05, 0.1) is 12.2 Å². The highest BCUT2D eigenvalue weighted by atomic mass is 16.1. The standard InChI is InChI=1S/C15H21N3O/c1-3-9-18-10-5-6-14(18)11-16-13-7-8-15(19)17(4-2)12-13/h5-8,10,12,16H,3-4,9,11H2,1-2H3. The molecule has 0 bridgehead atoms. The topological polar surface area (TPSA) is 39.0 Å². The molecular weight excluding hydrogens is 238 g/mol. The molecule has 0 saturated carbocycles. The fraction of sp³-hybridized carbons (Fsp3) is 0.400. The maximum atomic E-state index is 11.5. The second-order valence-electron chi connectivity index (χ2n) is 4.59. The largest absolute Gasteiger partial charge is 0.378 e. The number of hydrogen-bond donors (Lipinski definition) is 1. The van der Waals surface area contributed by atoms with Crippen molar-refractivity contribution in [3.63, 3.8) is 0 Å². The van der Waals surface area contributed by atoms with Gasteiger partial charge < -0.3 is 14.5 Å². The highest BCUT2D eigenvalue weighted by molar-refractivity contribution is 5.40. The molecule has 0 aliphatic rings. The number of nitrogens with one attached hydrogen (secondary N) is 1. The second-order valence-corrected chi connectivity index (χ2v) is 4.59. The zero-order chi connectivity index (χ0) is 13.7. The summed E-state index contributed by atoms with van der Waals surface area (Å²) in [7, 11) is 0. The van der Waals surface area contributed by atoms with E-state index in [4.69, 9.17) is 0 Å². The lowest BCUT2D eigenvalue weighted by atomic mass is 10.3. The van der Waals surface area contributed by atoms with Crippen LogP contribution in [-0.2, 0) is 19.6 Å². The fourth-order valence-electron chi connectivity index (χ4n) is 2.14. The molecule has 2 aromatic rings. The molecule has 2 heterocycles. The summed E-state index contributed by atoms with van der Waals surface area (Å²) in [5, 5.41) is 3.37. The maximum absolute atomic E-state index is 11.5. The van der Waals surface area contributed by atoms with Crippen molar-refractivity contribution in [1.29, 1.82) is 0 Å². The molecular formula is C15H21N3O. The Balaban J connectivity index is 2.06. The highest BCUT2D eigenvalue weighted by Crippen LogP contribution is 2.09. The number of aromatic nitrogens is 2. The van der Waals surface area contributed by atoms with Crippen LogP contribution in [0, 0.1) is 0 Å². The van der Waals surface area contributed by atoms with E-state index in [0.29, 0.717) is 6.54 Å². The van der Waals surface area contributed by atoms with Gasteiger partial charge in [0.25, 0.3) is 5.56 Å². The lowest BCUT2D eigenvalue weighted by Gasteiger charge is -2.11. The number of anilines is 1. The molecule has 0 saturated heterocycles. The van der Waals surface area contributed by atoms with E-state index in [0.717, 1.165) is 25.2 Å². The van der Waals surface area contributed by atoms with Gasteiger partial charge in [0.15, 0.2) is 0 Å². The summed E-state index contributed by atoms with van der Waals surface area (Å²) >= 11 is 0. The molecule has 0 spiro atoms. The highest BCUT2D eigenvalue weighted by Gasteiger charge is 2.01. The van der Waals surface area contributed by atoms with Crippen molar-refractivity contribution in [3.8, 4) is 0 Å². The zero-order valence-corrected chi connectivity index (χ0v) is 11.6. The van der Waals surface area contributed by atoms with Crippen LogP contribution in [0.3, 0.4) is 0 Å². The Morgan fingerprint density at radius 2 is 2.00 bits per heavy atom. The second kappa shape index (κ2) is 6.27. The third kappa shape index (κ3) is 3.28. The summed E-state index contributed by atoms with van der Waals surface area (Å²) in [5.74, 6) is 0. The van der Waals surface area contributed by atoms with Crippen molar-refractivity contribution in [2.75, 3.05) is 5.32 Å². The van der Waals surface area contributed by atoms with E-state index >= 15 is 0 Å². The molecule has 0 fully saturated rings. The number of rotatable bonds is 6. The smallest absolute Gasteiger partial charge is 0.250 e. The normalized spacial score (nSPS) is 10.6. The molecule has 2 rings (SSSR count). The first-order valence-corrected chi connectivity index (χ1v) is 6.83. The maximum Gasteiger partial charge on any atom is 0.250 e. The van der Waals surface area contributed by atoms with E-state index in [2.05, 4.69) is 35.1 Å². The predicted octanol–water partition coefficient (Wildman–Crippen LogP) is 2.69. The summed E-state index contributed by atoms with van der Waals surface area (Å²) in [4.78, 5) is 11.5. The molecule has 2 aromatic heterocycles. The zero-order valence-electron chi connectivity index (χ0n) is 11.6. The van der Waals surface area contributed by atoms with Gasteiger partial charge in [-0.25, -0.2) is 0 Å². The van der Waals surface area contributed by atoms with Gasteiger partial charge in [-0.15, -0.1) is 0 Å². The molecule has 0 radical (unpaired) electrons. The van der Waals surface area contributed by atoms with Crippen LogP contribution in [-0.4, -0.2) is 9.13 Å². The average Bonchev–Trinajstić information content (AvgIpc) is 2.86. The lowest BCUT2D eigenvalue weighted by Crippen LogP contribution is -2.18. The van der Waals surface area contributed by atoms with Crippen molar-refractivity contribution < 1.29 is 0 Å². The summed E-state index contributed by atoms with van der Waals surface area (Å²) in [6.07, 6.45) is 5.10. The van der Waals surface area contributed by atoms with Gasteiger partial charge in [-0.05, 0) is 31.5 Å². The van der Waals surface area contributed by atoms with Crippen LogP contribution in [0.5, 0.6) is 0 Å². The third-order valence-corrected chi connectivity index (χ3v) is 3.19. The van der Waals surface area contributed by atoms with Crippen LogP contribution >= 0.6 is 0 Å². The minimum absolute atomic E-state index is 0.0439. The molecule has 0 amide bonds. The van der Waals surface area contributed by atoms with Gasteiger partial charge >= 0.3 is 0 Å². The Labute approximate surface area is 113 Å². The number of hydrogen-bond acceptors (Lipinski definition) is 2. The molecule has 0 aliphatic carbocycles. The number of nitrogens with zero attached hydrogens (tertiary/aromatic N) is 2. The van der Waals surface area contributed by atoms with E-state index in [1.54, 1.807) is 10.6 Å². The molecule has 1 N–H and O–H groups in total. The first-order valence-electron chi connectivity index (χ1n) is 6.83. The van der Waals surface area contributed by atoms with Crippen molar-refractivity contribution in [1.82, 2.24) is 9.13 Å². The Morgan fingerprint density at radius 1 is 1.16 bits per heavy atom. The quantitative estimate of drug-likeness (QED) is 0.866. The Hall–Kier alpha value is -1.97. The Kier molecular flexibility index (Phi) is 4.44. The first-order chi connectivity index (χ1) is 9.24. The minimum Gasteiger partial charge on any atom is -0.378 e. The summed E-state index contributed by atoms with van der Waals surface area (Å²) in [6.45, 7) is 6.65. The summed E-state index contributed by atoms with van der Waals surface area (Å²) < 4.78 is 3.95. The van der Waals surface area contributed by atoms with Gasteiger partial charge in [-0.3, -0.25) is 4.79 Å². The van der Waals surface area contributed by atoms with Crippen molar-refractivity contribution >= 4 is 5.69 Å². The van der Waals surface area contributed by atoms with Crippen LogP contribution in [0.15, 0.2) is 41.5 Å². The predicted molar refractivity (Wildman–Crippen MR) is 78.4 cm³/mol. The van der Waals surface area contributed by atoms with Crippen molar-refractivity contribution in [2.24, 2.45) is 0 Å². The Bertz CT molecular complexity index is 583. The summed E-state index contributed by atoms with van der Waals surface area (Å²) in [5.41, 5.74) is 2.28. The van der Waals surface area contributed by atoms with Gasteiger partial charge in [-0.2, -0.15) is 0 Å². The summed E-state index contributed by atoms with van der Waals surface area (Å²) in [6, 6.07) is 7.64.